The zero-order valence-electron chi connectivity index (χ0n) is 17.8. The van der Waals surface area contributed by atoms with Crippen LogP contribution in [0.1, 0.15) is 9.67 Å². The van der Waals surface area contributed by atoms with Crippen molar-refractivity contribution >= 4 is 55.3 Å². The Balaban J connectivity index is 1.16. The molecule has 0 aliphatic carbocycles. The van der Waals surface area contributed by atoms with Crippen LogP contribution in [0.3, 0.4) is 0 Å². The molecule has 0 bridgehead atoms. The molecule has 0 saturated carbocycles. The van der Waals surface area contributed by atoms with Gasteiger partial charge in [0.15, 0.2) is 5.13 Å². The Labute approximate surface area is 208 Å². The number of thiazole rings is 2. The van der Waals surface area contributed by atoms with Crippen molar-refractivity contribution in [1.29, 1.82) is 0 Å². The lowest BCUT2D eigenvalue weighted by Crippen LogP contribution is -2.09. The molecule has 0 aliphatic heterocycles. The molecule has 0 radical (unpaired) electrons. The molecular formula is C27H17N3OS3. The van der Waals surface area contributed by atoms with Gasteiger partial charge in [0.25, 0.3) is 5.91 Å². The van der Waals surface area contributed by atoms with Crippen LogP contribution >= 0.6 is 34.0 Å². The van der Waals surface area contributed by atoms with E-state index < -0.39 is 0 Å². The Morgan fingerprint density at radius 1 is 0.706 bits per heavy atom. The van der Waals surface area contributed by atoms with Crippen molar-refractivity contribution in [1.82, 2.24) is 9.97 Å². The molecule has 1 amide bonds. The highest BCUT2D eigenvalue weighted by molar-refractivity contribution is 7.26. The second-order valence-corrected chi connectivity index (χ2v) is 10.6. The van der Waals surface area contributed by atoms with E-state index in [0.717, 1.165) is 36.9 Å². The lowest BCUT2D eigenvalue weighted by Gasteiger charge is -2.03. The largest absolute Gasteiger partial charge is 0.297 e. The molecule has 1 N–H and O–H groups in total. The Hall–Kier alpha value is -3.65. The Bertz CT molecular complexity index is 1560. The van der Waals surface area contributed by atoms with Crippen LogP contribution in [-0.2, 0) is 0 Å². The third-order valence-electron chi connectivity index (χ3n) is 5.35. The summed E-state index contributed by atoms with van der Waals surface area (Å²) in [5.74, 6) is -0.155. The maximum absolute atomic E-state index is 12.8. The Kier molecular flexibility index (Phi) is 5.50. The topological polar surface area (TPSA) is 54.9 Å². The SMILES string of the molecule is O=C(Nc1nc(-c2ccc(-c3ccccc3)cc2)cs1)c1ccc(-c2nc3ccccc3s2)s1. The van der Waals surface area contributed by atoms with Gasteiger partial charge in [0.05, 0.1) is 25.7 Å². The summed E-state index contributed by atoms with van der Waals surface area (Å²) in [5, 5.41) is 6.42. The number of carbonyl (C=O) groups excluding carboxylic acids is 1. The van der Waals surface area contributed by atoms with Gasteiger partial charge in [-0.3, -0.25) is 10.1 Å². The molecule has 3 aromatic heterocycles. The molecule has 164 valence electrons. The average Bonchev–Trinajstić information content (AvgIpc) is 3.64. The minimum absolute atomic E-state index is 0.155. The molecule has 4 nitrogen and oxygen atoms in total. The Morgan fingerprint density at radius 3 is 2.26 bits per heavy atom. The van der Waals surface area contributed by atoms with Crippen molar-refractivity contribution in [3.63, 3.8) is 0 Å². The van der Waals surface area contributed by atoms with E-state index in [4.69, 9.17) is 0 Å². The quantitative estimate of drug-likeness (QED) is 0.263. The van der Waals surface area contributed by atoms with Gasteiger partial charge in [-0.25, -0.2) is 9.97 Å². The van der Waals surface area contributed by atoms with E-state index >= 15 is 0 Å². The number of rotatable bonds is 5. The molecule has 0 aliphatic rings. The number of fused-ring (bicyclic) bond motifs is 1. The van der Waals surface area contributed by atoms with Crippen LogP contribution in [0.15, 0.2) is 96.4 Å². The summed E-state index contributed by atoms with van der Waals surface area (Å²) >= 11 is 4.51. The maximum Gasteiger partial charge on any atom is 0.267 e. The zero-order valence-corrected chi connectivity index (χ0v) is 20.2. The summed E-state index contributed by atoms with van der Waals surface area (Å²) in [7, 11) is 0. The third-order valence-corrected chi connectivity index (χ3v) is 8.39. The van der Waals surface area contributed by atoms with Crippen LogP contribution in [0.2, 0.25) is 0 Å². The van der Waals surface area contributed by atoms with E-state index in [2.05, 4.69) is 57.7 Å². The first-order chi connectivity index (χ1) is 16.7. The average molecular weight is 496 g/mol. The molecule has 7 heteroatoms. The van der Waals surface area contributed by atoms with Crippen LogP contribution in [0, 0.1) is 0 Å². The van der Waals surface area contributed by atoms with Crippen LogP contribution in [0.25, 0.3) is 42.5 Å². The first-order valence-corrected chi connectivity index (χ1v) is 13.1. The second kappa shape index (κ2) is 8.95. The van der Waals surface area contributed by atoms with Crippen LogP contribution in [0.4, 0.5) is 5.13 Å². The molecule has 6 aromatic rings. The van der Waals surface area contributed by atoms with Gasteiger partial charge in [-0.05, 0) is 35.4 Å². The predicted molar refractivity (Wildman–Crippen MR) is 144 cm³/mol. The second-order valence-electron chi connectivity index (χ2n) is 7.59. The maximum atomic E-state index is 12.8. The normalized spacial score (nSPS) is 11.1. The summed E-state index contributed by atoms with van der Waals surface area (Å²) in [4.78, 5) is 23.8. The fourth-order valence-corrected chi connectivity index (χ4v) is 6.28. The number of hydrogen-bond donors (Lipinski definition) is 1. The summed E-state index contributed by atoms with van der Waals surface area (Å²) < 4.78 is 1.14. The van der Waals surface area contributed by atoms with Gasteiger partial charge in [-0.15, -0.1) is 34.0 Å². The number of para-hydroxylation sites is 1. The first-order valence-electron chi connectivity index (χ1n) is 10.6. The van der Waals surface area contributed by atoms with E-state index in [1.54, 1.807) is 11.3 Å². The van der Waals surface area contributed by atoms with E-state index in [-0.39, 0.29) is 5.91 Å². The zero-order chi connectivity index (χ0) is 22.9. The summed E-state index contributed by atoms with van der Waals surface area (Å²) in [5.41, 5.74) is 5.19. The van der Waals surface area contributed by atoms with Crippen molar-refractivity contribution < 1.29 is 4.79 Å². The van der Waals surface area contributed by atoms with Gasteiger partial charge in [-0.2, -0.15) is 0 Å². The monoisotopic (exact) mass is 495 g/mol. The number of carbonyl (C=O) groups is 1. The fourth-order valence-electron chi connectivity index (χ4n) is 3.64. The van der Waals surface area contributed by atoms with Crippen molar-refractivity contribution in [3.8, 4) is 32.3 Å². The van der Waals surface area contributed by atoms with E-state index in [0.29, 0.717) is 10.0 Å². The van der Waals surface area contributed by atoms with Crippen LogP contribution in [0.5, 0.6) is 0 Å². The molecule has 3 aromatic carbocycles. The van der Waals surface area contributed by atoms with Gasteiger partial charge in [0.2, 0.25) is 0 Å². The van der Waals surface area contributed by atoms with Crippen LogP contribution in [-0.4, -0.2) is 15.9 Å². The highest BCUT2D eigenvalue weighted by atomic mass is 32.1. The van der Waals surface area contributed by atoms with Gasteiger partial charge >= 0.3 is 0 Å². The summed E-state index contributed by atoms with van der Waals surface area (Å²) in [6, 6.07) is 30.5. The van der Waals surface area contributed by atoms with Crippen LogP contribution < -0.4 is 5.32 Å². The molecule has 0 spiro atoms. The minimum Gasteiger partial charge on any atom is -0.297 e. The standard InChI is InChI=1S/C27H17N3OS3/c31-25(23-14-15-24(33-23)26-28-20-8-4-5-9-22(20)34-26)30-27-29-21(16-32-27)19-12-10-18(11-13-19)17-6-2-1-3-7-17/h1-16H,(H,29,30,31). The van der Waals surface area contributed by atoms with E-state index in [1.807, 2.05) is 53.9 Å². The number of thiophene rings is 1. The van der Waals surface area contributed by atoms with Gasteiger partial charge < -0.3 is 0 Å². The summed E-state index contributed by atoms with van der Waals surface area (Å²) in [6.07, 6.45) is 0. The number of anilines is 1. The first kappa shape index (κ1) is 20.9. The highest BCUT2D eigenvalue weighted by Crippen LogP contribution is 2.35. The molecule has 3 heterocycles. The molecule has 0 fully saturated rings. The Morgan fingerprint density at radius 2 is 1.44 bits per heavy atom. The number of nitrogens with zero attached hydrogens (tertiary/aromatic N) is 2. The van der Waals surface area contributed by atoms with Crippen molar-refractivity contribution in [2.45, 2.75) is 0 Å². The van der Waals surface area contributed by atoms with Crippen molar-refractivity contribution in [2.24, 2.45) is 0 Å². The van der Waals surface area contributed by atoms with Gasteiger partial charge in [-0.1, -0.05) is 66.7 Å². The third kappa shape index (κ3) is 4.17. The predicted octanol–water partition coefficient (Wildman–Crippen LogP) is 8.07. The molecular weight excluding hydrogens is 479 g/mol. The number of aromatic nitrogens is 2. The molecule has 0 atom stereocenters. The molecule has 34 heavy (non-hydrogen) atoms. The van der Waals surface area contributed by atoms with E-state index in [1.165, 1.54) is 28.2 Å². The smallest absolute Gasteiger partial charge is 0.267 e. The van der Waals surface area contributed by atoms with Gasteiger partial charge in [0, 0.05) is 10.9 Å². The van der Waals surface area contributed by atoms with E-state index in [9.17, 15) is 4.79 Å². The summed E-state index contributed by atoms with van der Waals surface area (Å²) in [6.45, 7) is 0. The molecule has 0 unspecified atom stereocenters. The number of benzene rings is 3. The molecule has 6 rings (SSSR count). The number of nitrogens with one attached hydrogen (secondary N) is 1. The number of hydrogen-bond acceptors (Lipinski definition) is 6. The fraction of sp³-hybridized carbons (Fsp3) is 0. The lowest BCUT2D eigenvalue weighted by molar-refractivity contribution is 0.103. The van der Waals surface area contributed by atoms with Gasteiger partial charge in [0.1, 0.15) is 5.01 Å². The number of amides is 1. The molecule has 0 saturated heterocycles. The van der Waals surface area contributed by atoms with Crippen molar-refractivity contribution in [3.05, 3.63) is 101 Å². The highest BCUT2D eigenvalue weighted by Gasteiger charge is 2.15. The van der Waals surface area contributed by atoms with Crippen molar-refractivity contribution in [2.75, 3.05) is 5.32 Å². The minimum atomic E-state index is -0.155. The lowest BCUT2D eigenvalue weighted by atomic mass is 10.0.